The maximum Gasteiger partial charge on any atom is 0.306 e. The Hall–Kier alpha value is -1.30. The number of carbonyl (C=O) groups excluding carboxylic acids is 1. The molecule has 0 aromatic rings. The van der Waals surface area contributed by atoms with Gasteiger partial charge in [0.05, 0.1) is 11.6 Å². The molecule has 0 heterocycles. The molecule has 0 amide bonds. The summed E-state index contributed by atoms with van der Waals surface area (Å²) >= 11 is 0. The zero-order valence-electron chi connectivity index (χ0n) is 9.54. The lowest BCUT2D eigenvalue weighted by molar-refractivity contribution is -0.148. The quantitative estimate of drug-likeness (QED) is 0.525. The molecule has 1 aliphatic rings. The molecule has 0 aliphatic heterocycles. The molecular weight excluding hydrogens is 190 g/mol. The van der Waals surface area contributed by atoms with E-state index in [1.165, 1.54) is 0 Å². The van der Waals surface area contributed by atoms with Crippen molar-refractivity contribution < 1.29 is 9.53 Å². The van der Waals surface area contributed by atoms with Gasteiger partial charge in [0.1, 0.15) is 6.10 Å². The first-order chi connectivity index (χ1) is 6.92. The van der Waals surface area contributed by atoms with E-state index in [4.69, 9.17) is 10.00 Å². The van der Waals surface area contributed by atoms with E-state index in [2.05, 4.69) is 20.4 Å². The van der Waals surface area contributed by atoms with Crippen molar-refractivity contribution in [3.63, 3.8) is 0 Å². The van der Waals surface area contributed by atoms with Gasteiger partial charge in [-0.3, -0.25) is 4.79 Å². The third kappa shape index (κ3) is 2.59. The minimum atomic E-state index is -0.419. The van der Waals surface area contributed by atoms with Gasteiger partial charge in [-0.25, -0.2) is 0 Å². The Morgan fingerprint density at radius 3 is 2.60 bits per heavy atom. The number of nitriles is 1. The Balaban J connectivity index is 2.69. The number of carbonyl (C=O) groups is 1. The Morgan fingerprint density at radius 2 is 2.27 bits per heavy atom. The zero-order valence-corrected chi connectivity index (χ0v) is 9.54. The van der Waals surface area contributed by atoms with Gasteiger partial charge in [0, 0.05) is 12.3 Å². The molecule has 0 radical (unpaired) electrons. The minimum absolute atomic E-state index is 0.165. The van der Waals surface area contributed by atoms with Crippen molar-refractivity contribution in [2.24, 2.45) is 11.3 Å². The van der Waals surface area contributed by atoms with Crippen molar-refractivity contribution in [3.05, 3.63) is 12.2 Å². The number of nitrogens with zero attached hydrogens (tertiary/aromatic N) is 1. The van der Waals surface area contributed by atoms with Crippen molar-refractivity contribution in [1.82, 2.24) is 0 Å². The van der Waals surface area contributed by atoms with Crippen molar-refractivity contribution in [2.75, 3.05) is 0 Å². The van der Waals surface area contributed by atoms with E-state index < -0.39 is 6.10 Å². The highest BCUT2D eigenvalue weighted by atomic mass is 16.5. The summed E-state index contributed by atoms with van der Waals surface area (Å²) in [7, 11) is 0. The second kappa shape index (κ2) is 4.06. The summed E-state index contributed by atoms with van der Waals surface area (Å²) in [6, 6.07) is 1.98. The summed E-state index contributed by atoms with van der Waals surface area (Å²) in [5, 5.41) is 8.80. The summed E-state index contributed by atoms with van der Waals surface area (Å²) in [5.74, 6) is -0.0146. The number of ether oxygens (including phenoxy) is 1. The van der Waals surface area contributed by atoms with Crippen LogP contribution in [0.4, 0.5) is 0 Å². The number of rotatable bonds is 4. The van der Waals surface area contributed by atoms with E-state index in [-0.39, 0.29) is 17.3 Å². The fraction of sp³-hybridized carbons (Fsp3) is 0.667. The van der Waals surface area contributed by atoms with Gasteiger partial charge in [0.25, 0.3) is 0 Å². The standard InChI is InChI=1S/C12H17NO2/c1-5-10(14)15-11(8(2)7-13)9-6-12(9,3)4/h9,11H,2,5-6H2,1,3-4H3. The van der Waals surface area contributed by atoms with Crippen LogP contribution in [0.2, 0.25) is 0 Å². The third-order valence-corrected chi connectivity index (χ3v) is 2.99. The topological polar surface area (TPSA) is 50.1 Å². The van der Waals surface area contributed by atoms with Crippen LogP contribution in [0.25, 0.3) is 0 Å². The third-order valence-electron chi connectivity index (χ3n) is 2.99. The normalized spacial score (nSPS) is 23.7. The molecule has 3 heteroatoms. The maximum atomic E-state index is 11.2. The van der Waals surface area contributed by atoms with Gasteiger partial charge in [-0.15, -0.1) is 0 Å². The molecule has 2 unspecified atom stereocenters. The van der Waals surface area contributed by atoms with Crippen molar-refractivity contribution >= 4 is 5.97 Å². The lowest BCUT2D eigenvalue weighted by atomic mass is 10.0. The van der Waals surface area contributed by atoms with Crippen molar-refractivity contribution in [3.8, 4) is 6.07 Å². The van der Waals surface area contributed by atoms with Gasteiger partial charge in [0.15, 0.2) is 0 Å². The van der Waals surface area contributed by atoms with E-state index >= 15 is 0 Å². The van der Waals surface area contributed by atoms with E-state index in [0.717, 1.165) is 6.42 Å². The van der Waals surface area contributed by atoms with E-state index in [1.807, 2.05) is 6.07 Å². The second-order valence-electron chi connectivity index (χ2n) is 4.70. The van der Waals surface area contributed by atoms with E-state index in [9.17, 15) is 4.79 Å². The molecule has 1 rings (SSSR count). The summed E-state index contributed by atoms with van der Waals surface area (Å²) in [6.07, 6.45) is 0.898. The van der Waals surface area contributed by atoms with E-state index in [1.54, 1.807) is 6.92 Å². The smallest absolute Gasteiger partial charge is 0.306 e. The molecule has 0 N–H and O–H groups in total. The molecule has 0 bridgehead atoms. The number of esters is 1. The average Bonchev–Trinajstić information content (AvgIpc) is 2.82. The van der Waals surface area contributed by atoms with Crippen LogP contribution < -0.4 is 0 Å². The van der Waals surface area contributed by atoms with Gasteiger partial charge in [-0.2, -0.15) is 5.26 Å². The van der Waals surface area contributed by atoms with Crippen molar-refractivity contribution in [1.29, 1.82) is 5.26 Å². The number of hydrogen-bond donors (Lipinski definition) is 0. The van der Waals surface area contributed by atoms with Crippen LogP contribution in [-0.2, 0) is 9.53 Å². The highest BCUT2D eigenvalue weighted by Crippen LogP contribution is 2.55. The molecule has 1 saturated carbocycles. The molecule has 0 spiro atoms. The predicted molar refractivity (Wildman–Crippen MR) is 56.8 cm³/mol. The summed E-state index contributed by atoms with van der Waals surface area (Å²) < 4.78 is 5.25. The van der Waals surface area contributed by atoms with Crippen LogP contribution in [0.15, 0.2) is 12.2 Å². The van der Waals surface area contributed by atoms with Crippen LogP contribution in [0.1, 0.15) is 33.6 Å². The van der Waals surface area contributed by atoms with Gasteiger partial charge in [-0.1, -0.05) is 27.4 Å². The fourth-order valence-electron chi connectivity index (χ4n) is 1.71. The lowest BCUT2D eigenvalue weighted by Gasteiger charge is -2.17. The SMILES string of the molecule is C=C(C#N)C(OC(=O)CC)C1CC1(C)C. The van der Waals surface area contributed by atoms with Crippen LogP contribution in [0.5, 0.6) is 0 Å². The summed E-state index contributed by atoms with van der Waals surface area (Å²) in [4.78, 5) is 11.2. The molecule has 3 nitrogen and oxygen atoms in total. The monoisotopic (exact) mass is 207 g/mol. The van der Waals surface area contributed by atoms with Crippen LogP contribution >= 0.6 is 0 Å². The molecule has 1 fully saturated rings. The molecular formula is C12H17NO2. The summed E-state index contributed by atoms with van der Waals surface area (Å²) in [6.45, 7) is 9.60. The Kier molecular flexibility index (Phi) is 3.18. The fourth-order valence-corrected chi connectivity index (χ4v) is 1.71. The Bertz CT molecular complexity index is 325. The van der Waals surface area contributed by atoms with Gasteiger partial charge < -0.3 is 4.74 Å². The minimum Gasteiger partial charge on any atom is -0.456 e. The van der Waals surface area contributed by atoms with E-state index in [0.29, 0.717) is 12.0 Å². The van der Waals surface area contributed by atoms with Gasteiger partial charge in [0.2, 0.25) is 0 Å². The molecule has 0 saturated heterocycles. The molecule has 82 valence electrons. The average molecular weight is 207 g/mol. The van der Waals surface area contributed by atoms with Crippen molar-refractivity contribution in [2.45, 2.75) is 39.7 Å². The zero-order chi connectivity index (χ0) is 11.6. The first-order valence-electron chi connectivity index (χ1n) is 5.20. The lowest BCUT2D eigenvalue weighted by Crippen LogP contribution is -2.23. The van der Waals surface area contributed by atoms with Gasteiger partial charge >= 0.3 is 5.97 Å². The molecule has 1 aliphatic carbocycles. The number of hydrogen-bond acceptors (Lipinski definition) is 3. The highest BCUT2D eigenvalue weighted by molar-refractivity contribution is 5.69. The largest absolute Gasteiger partial charge is 0.456 e. The first-order valence-corrected chi connectivity index (χ1v) is 5.20. The Morgan fingerprint density at radius 1 is 1.73 bits per heavy atom. The molecule has 0 aromatic heterocycles. The second-order valence-corrected chi connectivity index (χ2v) is 4.70. The van der Waals surface area contributed by atoms with Gasteiger partial charge in [-0.05, 0) is 11.8 Å². The Labute approximate surface area is 90.7 Å². The molecule has 15 heavy (non-hydrogen) atoms. The highest BCUT2D eigenvalue weighted by Gasteiger charge is 2.52. The molecule has 0 aromatic carbocycles. The predicted octanol–water partition coefficient (Wildman–Crippen LogP) is 2.43. The van der Waals surface area contributed by atoms with Crippen LogP contribution in [0.3, 0.4) is 0 Å². The first kappa shape index (κ1) is 11.8. The van der Waals surface area contributed by atoms with Crippen LogP contribution in [0, 0.1) is 22.7 Å². The summed E-state index contributed by atoms with van der Waals surface area (Å²) in [5.41, 5.74) is 0.519. The maximum absolute atomic E-state index is 11.2. The molecule has 2 atom stereocenters. The van der Waals surface area contributed by atoms with Crippen LogP contribution in [-0.4, -0.2) is 12.1 Å².